The largest absolute Gasteiger partial charge is 0.309 e. The molecule has 0 bridgehead atoms. The second-order valence-corrected chi connectivity index (χ2v) is 6.82. The fourth-order valence-corrected chi connectivity index (χ4v) is 3.07. The highest BCUT2D eigenvalue weighted by molar-refractivity contribution is 8.00. The third kappa shape index (κ3) is 2.91. The quantitative estimate of drug-likeness (QED) is 0.883. The molecule has 106 valence electrons. The summed E-state index contributed by atoms with van der Waals surface area (Å²) in [5.74, 6) is 0. The van der Waals surface area contributed by atoms with Gasteiger partial charge < -0.3 is 5.32 Å². The molecule has 0 spiro atoms. The average Bonchev–Trinajstić information content (AvgIpc) is 3.12. The van der Waals surface area contributed by atoms with Crippen molar-refractivity contribution >= 4 is 11.8 Å². The highest BCUT2D eigenvalue weighted by atomic mass is 32.2. The van der Waals surface area contributed by atoms with Crippen LogP contribution in [0.25, 0.3) is 5.69 Å². The summed E-state index contributed by atoms with van der Waals surface area (Å²) in [6, 6.07) is 10.6. The van der Waals surface area contributed by atoms with Crippen LogP contribution in [0.1, 0.15) is 31.4 Å². The van der Waals surface area contributed by atoms with Crippen LogP contribution < -0.4 is 5.32 Å². The zero-order chi connectivity index (χ0) is 14.0. The van der Waals surface area contributed by atoms with E-state index < -0.39 is 0 Å². The molecule has 2 aromatic rings. The van der Waals surface area contributed by atoms with Crippen LogP contribution in [-0.2, 0) is 0 Å². The number of hydrogen-bond acceptors (Lipinski definition) is 3. The van der Waals surface area contributed by atoms with Gasteiger partial charge in [-0.2, -0.15) is 16.9 Å². The molecule has 1 heterocycles. The van der Waals surface area contributed by atoms with Crippen LogP contribution in [0.3, 0.4) is 0 Å². The first kappa shape index (κ1) is 13.7. The monoisotopic (exact) mass is 287 g/mol. The summed E-state index contributed by atoms with van der Waals surface area (Å²) in [5, 5.41) is 8.10. The Labute approximate surface area is 124 Å². The molecule has 1 unspecified atom stereocenters. The van der Waals surface area contributed by atoms with E-state index in [0.717, 1.165) is 12.2 Å². The molecule has 1 aliphatic rings. The number of rotatable bonds is 6. The lowest BCUT2D eigenvalue weighted by Gasteiger charge is -2.17. The van der Waals surface area contributed by atoms with Crippen molar-refractivity contribution in [2.24, 2.45) is 0 Å². The first-order valence-electron chi connectivity index (χ1n) is 7.11. The average molecular weight is 287 g/mol. The summed E-state index contributed by atoms with van der Waals surface area (Å²) in [6.07, 6.45) is 8.98. The Bertz CT molecular complexity index is 560. The minimum absolute atomic E-state index is 0.345. The van der Waals surface area contributed by atoms with Gasteiger partial charge in [-0.3, -0.25) is 0 Å². The van der Waals surface area contributed by atoms with E-state index >= 15 is 0 Å². The van der Waals surface area contributed by atoms with Gasteiger partial charge in [0.1, 0.15) is 0 Å². The first-order chi connectivity index (χ1) is 9.72. The van der Waals surface area contributed by atoms with E-state index in [1.807, 2.05) is 40.8 Å². The van der Waals surface area contributed by atoms with Crippen LogP contribution >= 0.6 is 11.8 Å². The summed E-state index contributed by atoms with van der Waals surface area (Å²) in [4.78, 5) is 0. The van der Waals surface area contributed by atoms with Gasteiger partial charge in [-0.25, -0.2) is 4.68 Å². The molecular weight excluding hydrogens is 266 g/mol. The number of hydrogen-bond donors (Lipinski definition) is 1. The van der Waals surface area contributed by atoms with Crippen LogP contribution in [0.15, 0.2) is 42.7 Å². The summed E-state index contributed by atoms with van der Waals surface area (Å²) in [7, 11) is 0. The molecule has 0 radical (unpaired) electrons. The van der Waals surface area contributed by atoms with Crippen molar-refractivity contribution in [1.82, 2.24) is 15.1 Å². The molecule has 4 heteroatoms. The van der Waals surface area contributed by atoms with Crippen molar-refractivity contribution in [3.63, 3.8) is 0 Å². The number of para-hydroxylation sites is 1. The van der Waals surface area contributed by atoms with E-state index in [9.17, 15) is 0 Å². The molecule has 1 N–H and O–H groups in total. The molecule has 3 nitrogen and oxygen atoms in total. The highest BCUT2D eigenvalue weighted by Crippen LogP contribution is 2.46. The molecule has 1 aromatic carbocycles. The number of thioether (sulfide) groups is 1. The van der Waals surface area contributed by atoms with Gasteiger partial charge in [0, 0.05) is 29.1 Å². The van der Waals surface area contributed by atoms with Gasteiger partial charge in [0.2, 0.25) is 0 Å². The zero-order valence-corrected chi connectivity index (χ0v) is 12.9. The van der Waals surface area contributed by atoms with E-state index in [0.29, 0.717) is 10.8 Å². The second-order valence-electron chi connectivity index (χ2n) is 5.54. The lowest BCUT2D eigenvalue weighted by atomic mass is 10.2. The van der Waals surface area contributed by atoms with Crippen molar-refractivity contribution in [3.8, 4) is 5.69 Å². The molecule has 3 rings (SSSR count). The Balaban J connectivity index is 1.64. The zero-order valence-electron chi connectivity index (χ0n) is 12.0. The van der Waals surface area contributed by atoms with Gasteiger partial charge >= 0.3 is 0 Å². The van der Waals surface area contributed by atoms with E-state index in [2.05, 4.69) is 41.9 Å². The maximum absolute atomic E-state index is 4.46. The topological polar surface area (TPSA) is 29.9 Å². The summed E-state index contributed by atoms with van der Waals surface area (Å²) < 4.78 is 2.44. The maximum Gasteiger partial charge on any atom is 0.0645 e. The molecule has 0 amide bonds. The van der Waals surface area contributed by atoms with Gasteiger partial charge in [-0.1, -0.05) is 18.2 Å². The molecule has 1 fully saturated rings. The van der Waals surface area contributed by atoms with Crippen LogP contribution in [0.5, 0.6) is 0 Å². The van der Waals surface area contributed by atoms with Gasteiger partial charge in [-0.15, -0.1) is 0 Å². The van der Waals surface area contributed by atoms with Crippen LogP contribution in [0.4, 0.5) is 0 Å². The number of nitrogens with one attached hydrogen (secondary N) is 1. The summed E-state index contributed by atoms with van der Waals surface area (Å²) in [5.41, 5.74) is 2.35. The lowest BCUT2D eigenvalue weighted by molar-refractivity contribution is 0.563. The maximum atomic E-state index is 4.46. The summed E-state index contributed by atoms with van der Waals surface area (Å²) in [6.45, 7) is 3.30. The fourth-order valence-electron chi connectivity index (χ4n) is 2.33. The van der Waals surface area contributed by atoms with E-state index in [-0.39, 0.29) is 0 Å². The number of benzene rings is 1. The Morgan fingerprint density at radius 3 is 2.75 bits per heavy atom. The molecule has 1 aliphatic carbocycles. The standard InChI is InChI=1S/C16H21N3S/c1-13(17-12-16(20-2)8-9-16)14-10-18-19(11-14)15-6-4-3-5-7-15/h3-7,10-11,13,17H,8-9,12H2,1-2H3. The van der Waals surface area contributed by atoms with E-state index in [1.165, 1.54) is 18.4 Å². The highest BCUT2D eigenvalue weighted by Gasteiger charge is 2.41. The fraction of sp³-hybridized carbons (Fsp3) is 0.438. The predicted molar refractivity (Wildman–Crippen MR) is 85.5 cm³/mol. The first-order valence-corrected chi connectivity index (χ1v) is 8.33. The molecule has 0 saturated heterocycles. The molecule has 0 aliphatic heterocycles. The second kappa shape index (κ2) is 5.62. The molecule has 20 heavy (non-hydrogen) atoms. The molecule has 1 aromatic heterocycles. The molecule has 1 saturated carbocycles. The van der Waals surface area contributed by atoms with Crippen LogP contribution in [0.2, 0.25) is 0 Å². The lowest BCUT2D eigenvalue weighted by Crippen LogP contribution is -2.28. The molecule has 1 atom stereocenters. The minimum atomic E-state index is 0.345. The van der Waals surface area contributed by atoms with Gasteiger partial charge in [-0.05, 0) is 38.2 Å². The van der Waals surface area contributed by atoms with Gasteiger partial charge in [0.05, 0.1) is 11.9 Å². The van der Waals surface area contributed by atoms with Gasteiger partial charge in [0.15, 0.2) is 0 Å². The van der Waals surface area contributed by atoms with Crippen LogP contribution in [-0.4, -0.2) is 27.3 Å². The Kier molecular flexibility index (Phi) is 3.85. The summed E-state index contributed by atoms with van der Waals surface area (Å²) >= 11 is 1.99. The van der Waals surface area contributed by atoms with E-state index in [1.54, 1.807) is 0 Å². The normalized spacial score (nSPS) is 17.9. The SMILES string of the molecule is CSC1(CNC(C)c2cnn(-c3ccccc3)c2)CC1. The molecular formula is C16H21N3S. The van der Waals surface area contributed by atoms with Crippen molar-refractivity contribution in [2.45, 2.75) is 30.6 Å². The van der Waals surface area contributed by atoms with Crippen molar-refractivity contribution in [1.29, 1.82) is 0 Å². The third-order valence-corrected chi connectivity index (χ3v) is 5.51. The van der Waals surface area contributed by atoms with Crippen molar-refractivity contribution < 1.29 is 0 Å². The van der Waals surface area contributed by atoms with E-state index in [4.69, 9.17) is 0 Å². The Morgan fingerprint density at radius 2 is 2.10 bits per heavy atom. The van der Waals surface area contributed by atoms with Crippen molar-refractivity contribution in [2.75, 3.05) is 12.8 Å². The van der Waals surface area contributed by atoms with Gasteiger partial charge in [0.25, 0.3) is 0 Å². The number of aromatic nitrogens is 2. The predicted octanol–water partition coefficient (Wildman–Crippen LogP) is 3.42. The third-order valence-electron chi connectivity index (χ3n) is 4.09. The number of nitrogens with zero attached hydrogens (tertiary/aromatic N) is 2. The Morgan fingerprint density at radius 1 is 1.35 bits per heavy atom. The van der Waals surface area contributed by atoms with Crippen LogP contribution in [0, 0.1) is 0 Å². The Hall–Kier alpha value is -1.26. The van der Waals surface area contributed by atoms with Crippen molar-refractivity contribution in [3.05, 3.63) is 48.3 Å². The minimum Gasteiger partial charge on any atom is -0.309 e. The smallest absolute Gasteiger partial charge is 0.0645 e.